The Morgan fingerprint density at radius 3 is 2.37 bits per heavy atom. The van der Waals surface area contributed by atoms with Crippen LogP contribution in [-0.4, -0.2) is 36.2 Å². The van der Waals surface area contributed by atoms with Crippen molar-refractivity contribution in [3.63, 3.8) is 0 Å². The molecule has 0 bridgehead atoms. The van der Waals surface area contributed by atoms with Crippen LogP contribution in [0.25, 0.3) is 11.3 Å². The van der Waals surface area contributed by atoms with Crippen molar-refractivity contribution < 1.29 is 18.0 Å². The van der Waals surface area contributed by atoms with Crippen molar-refractivity contribution in [2.24, 2.45) is 0 Å². The van der Waals surface area contributed by atoms with Crippen LogP contribution in [0.2, 0.25) is 0 Å². The molecule has 2 amide bonds. The molecule has 0 aliphatic carbocycles. The van der Waals surface area contributed by atoms with Gasteiger partial charge < -0.3 is 10.6 Å². The molecular formula is C21H21N3O4S2. The third kappa shape index (κ3) is 5.52. The minimum Gasteiger partial charge on any atom is -0.325 e. The van der Waals surface area contributed by atoms with Crippen molar-refractivity contribution in [1.29, 1.82) is 0 Å². The Morgan fingerprint density at radius 2 is 1.70 bits per heavy atom. The lowest BCUT2D eigenvalue weighted by Crippen LogP contribution is -2.37. The minimum absolute atomic E-state index is 0.296. The lowest BCUT2D eigenvalue weighted by molar-refractivity contribution is -0.115. The van der Waals surface area contributed by atoms with Crippen LogP contribution in [0.1, 0.15) is 12.5 Å². The number of hydrogen-bond donors (Lipinski definition) is 2. The Kier molecular flexibility index (Phi) is 6.63. The van der Waals surface area contributed by atoms with Crippen LogP contribution in [-0.2, 0) is 19.4 Å². The summed E-state index contributed by atoms with van der Waals surface area (Å²) in [5, 5.41) is 5.73. The monoisotopic (exact) mass is 443 g/mol. The average molecular weight is 444 g/mol. The average Bonchev–Trinajstić information content (AvgIpc) is 3.18. The van der Waals surface area contributed by atoms with E-state index in [0.717, 1.165) is 11.1 Å². The molecule has 0 radical (unpaired) electrons. The van der Waals surface area contributed by atoms with E-state index in [1.807, 2.05) is 37.3 Å². The number of hydrogen-bond acceptors (Lipinski definition) is 6. The van der Waals surface area contributed by atoms with E-state index in [4.69, 9.17) is 0 Å². The van der Waals surface area contributed by atoms with Gasteiger partial charge in [-0.3, -0.25) is 9.59 Å². The fourth-order valence-electron chi connectivity index (χ4n) is 2.58. The number of sulfone groups is 1. The summed E-state index contributed by atoms with van der Waals surface area (Å²) in [7, 11) is -4.00. The molecule has 1 heterocycles. The molecule has 1 unspecified atom stereocenters. The normalized spacial score (nSPS) is 12.2. The van der Waals surface area contributed by atoms with E-state index in [9.17, 15) is 18.0 Å². The molecule has 1 atom stereocenters. The van der Waals surface area contributed by atoms with E-state index < -0.39 is 32.7 Å². The van der Waals surface area contributed by atoms with Gasteiger partial charge in [-0.15, -0.1) is 11.3 Å². The molecule has 2 N–H and O–H groups in total. The minimum atomic E-state index is -4.00. The molecule has 0 aliphatic heterocycles. The van der Waals surface area contributed by atoms with Crippen LogP contribution in [0.3, 0.4) is 0 Å². The highest BCUT2D eigenvalue weighted by Gasteiger charge is 2.31. The van der Waals surface area contributed by atoms with Crippen LogP contribution in [0.15, 0.2) is 60.0 Å². The number of benzene rings is 2. The number of nitrogens with zero attached hydrogens (tertiary/aromatic N) is 1. The van der Waals surface area contributed by atoms with Crippen molar-refractivity contribution in [2.45, 2.75) is 19.1 Å². The van der Waals surface area contributed by atoms with Gasteiger partial charge in [-0.1, -0.05) is 48.0 Å². The molecule has 2 aromatic carbocycles. The maximum Gasteiger partial charge on any atom is 0.244 e. The van der Waals surface area contributed by atoms with Gasteiger partial charge in [-0.25, -0.2) is 13.4 Å². The predicted octanol–water partition coefficient (Wildman–Crippen LogP) is 3.50. The fraction of sp³-hybridized carbons (Fsp3) is 0.190. The molecule has 156 valence electrons. The molecule has 0 spiro atoms. The second-order valence-corrected chi connectivity index (χ2v) is 9.94. The number of carbonyl (C=O) groups is 2. The molecular weight excluding hydrogens is 422 g/mol. The van der Waals surface area contributed by atoms with Gasteiger partial charge in [0.1, 0.15) is 11.0 Å². The molecule has 0 saturated carbocycles. The first kappa shape index (κ1) is 21.7. The van der Waals surface area contributed by atoms with Gasteiger partial charge in [0.2, 0.25) is 11.8 Å². The van der Waals surface area contributed by atoms with Crippen molar-refractivity contribution in [1.82, 2.24) is 4.98 Å². The first-order valence-electron chi connectivity index (χ1n) is 9.14. The summed E-state index contributed by atoms with van der Waals surface area (Å²) in [6.45, 7) is 3.16. The number of anilines is 2. The number of rotatable bonds is 7. The van der Waals surface area contributed by atoms with E-state index in [0.29, 0.717) is 16.5 Å². The Balaban J connectivity index is 1.61. The highest BCUT2D eigenvalue weighted by molar-refractivity contribution is 7.93. The number of carbonyl (C=O) groups excluding carboxylic acids is 2. The highest BCUT2D eigenvalue weighted by Crippen LogP contribution is 2.25. The molecule has 3 rings (SSSR count). The lowest BCUT2D eigenvalue weighted by Gasteiger charge is -2.12. The number of nitrogens with one attached hydrogen (secondary N) is 2. The summed E-state index contributed by atoms with van der Waals surface area (Å²) in [6, 6.07) is 16.4. The second kappa shape index (κ2) is 9.19. The quantitative estimate of drug-likeness (QED) is 0.581. The van der Waals surface area contributed by atoms with Crippen LogP contribution < -0.4 is 10.6 Å². The topological polar surface area (TPSA) is 105 Å². The smallest absolute Gasteiger partial charge is 0.244 e. The fourth-order valence-corrected chi connectivity index (χ4v) is 4.38. The van der Waals surface area contributed by atoms with Crippen molar-refractivity contribution in [3.8, 4) is 11.3 Å². The van der Waals surface area contributed by atoms with Gasteiger partial charge in [-0.2, -0.15) is 0 Å². The largest absolute Gasteiger partial charge is 0.325 e. The van der Waals surface area contributed by atoms with E-state index in [-0.39, 0.29) is 0 Å². The summed E-state index contributed by atoms with van der Waals surface area (Å²) >= 11 is 1.20. The third-order valence-corrected chi connectivity index (χ3v) is 7.09. The number of thiazole rings is 1. The Hall–Kier alpha value is -3.04. The Morgan fingerprint density at radius 1 is 1.03 bits per heavy atom. The number of aromatic nitrogens is 1. The Bertz CT molecular complexity index is 1140. The zero-order chi connectivity index (χ0) is 21.7. The summed E-state index contributed by atoms with van der Waals surface area (Å²) in [5.41, 5.74) is 3.09. The summed E-state index contributed by atoms with van der Waals surface area (Å²) in [6.07, 6.45) is 0. The molecule has 0 aliphatic rings. The molecule has 9 heteroatoms. The standard InChI is InChI=1S/C21H21N3O4S2/c1-14-8-10-17(11-9-14)22-19(25)13-30(27,28)15(2)20(26)24-21-23-18(12-29-21)16-6-4-3-5-7-16/h3-12,15H,13H2,1-2H3,(H,22,25)(H,23,24,26). The maximum absolute atomic E-state index is 12.5. The van der Waals surface area contributed by atoms with Crippen molar-refractivity contribution in [3.05, 3.63) is 65.5 Å². The van der Waals surface area contributed by atoms with Gasteiger partial charge in [0, 0.05) is 16.6 Å². The predicted molar refractivity (Wildman–Crippen MR) is 119 cm³/mol. The van der Waals surface area contributed by atoms with Gasteiger partial charge >= 0.3 is 0 Å². The van der Waals surface area contributed by atoms with E-state index in [1.165, 1.54) is 18.3 Å². The molecule has 3 aromatic rings. The molecule has 30 heavy (non-hydrogen) atoms. The van der Waals surface area contributed by atoms with Crippen molar-refractivity contribution >= 4 is 43.8 Å². The first-order chi connectivity index (χ1) is 14.2. The molecule has 1 aromatic heterocycles. The summed E-state index contributed by atoms with van der Waals surface area (Å²) < 4.78 is 25.0. The summed E-state index contributed by atoms with van der Waals surface area (Å²) in [5.74, 6) is -2.21. The SMILES string of the molecule is Cc1ccc(NC(=O)CS(=O)(=O)C(C)C(=O)Nc2nc(-c3ccccc3)cs2)cc1. The zero-order valence-electron chi connectivity index (χ0n) is 16.5. The highest BCUT2D eigenvalue weighted by atomic mass is 32.2. The lowest BCUT2D eigenvalue weighted by atomic mass is 10.2. The van der Waals surface area contributed by atoms with Crippen LogP contribution in [0.4, 0.5) is 10.8 Å². The van der Waals surface area contributed by atoms with Crippen LogP contribution in [0, 0.1) is 6.92 Å². The molecule has 7 nitrogen and oxygen atoms in total. The van der Waals surface area contributed by atoms with Gasteiger partial charge in [0.15, 0.2) is 15.0 Å². The maximum atomic E-state index is 12.5. The second-order valence-electron chi connectivity index (χ2n) is 6.76. The van der Waals surface area contributed by atoms with Gasteiger partial charge in [0.25, 0.3) is 0 Å². The van der Waals surface area contributed by atoms with Gasteiger partial charge in [0.05, 0.1) is 5.69 Å². The van der Waals surface area contributed by atoms with Gasteiger partial charge in [-0.05, 0) is 26.0 Å². The summed E-state index contributed by atoms with van der Waals surface area (Å²) in [4.78, 5) is 28.9. The number of aryl methyl sites for hydroxylation is 1. The van der Waals surface area contributed by atoms with E-state index >= 15 is 0 Å². The van der Waals surface area contributed by atoms with Crippen LogP contribution in [0.5, 0.6) is 0 Å². The first-order valence-corrected chi connectivity index (χ1v) is 11.7. The zero-order valence-corrected chi connectivity index (χ0v) is 18.1. The Labute approximate surface area is 179 Å². The molecule has 0 fully saturated rings. The van der Waals surface area contributed by atoms with E-state index in [1.54, 1.807) is 29.6 Å². The number of amides is 2. The van der Waals surface area contributed by atoms with Crippen LogP contribution >= 0.6 is 11.3 Å². The molecule has 0 saturated heterocycles. The third-order valence-electron chi connectivity index (χ3n) is 4.38. The van der Waals surface area contributed by atoms with E-state index in [2.05, 4.69) is 15.6 Å². The van der Waals surface area contributed by atoms with Crippen molar-refractivity contribution in [2.75, 3.05) is 16.4 Å².